The molecule has 3 aromatic heterocycles. The molecule has 0 aliphatic rings. The van der Waals surface area contributed by atoms with Gasteiger partial charge in [-0.05, 0) is 45.0 Å². The Hall–Kier alpha value is -2.63. The molecule has 0 aliphatic heterocycles. The number of hydrogen-bond donors (Lipinski definition) is 1. The van der Waals surface area contributed by atoms with Crippen LogP contribution in [0.5, 0.6) is 0 Å². The average Bonchev–Trinajstić information content (AvgIpc) is 3.01. The molecule has 0 aliphatic carbocycles. The number of nitrogens with zero attached hydrogens (tertiary/aromatic N) is 4. The highest BCUT2D eigenvalue weighted by Crippen LogP contribution is 2.13. The number of carbonyl (C=O) groups is 1. The highest BCUT2D eigenvalue weighted by molar-refractivity contribution is 5.94. The largest absolute Gasteiger partial charge is 0.346 e. The molecule has 0 aromatic carbocycles. The lowest BCUT2D eigenvalue weighted by Gasteiger charge is -2.15. The standard InChI is InChI=1S/C17H21N5O/c1-11-9-13(3)22(20-11)10-12(2)18-17(23)15-6-5-14-7-8-21(4)16(14)19-15/h5-9,12H,10H2,1-4H3,(H,18,23). The third-order valence-electron chi connectivity index (χ3n) is 3.88. The van der Waals surface area contributed by atoms with Gasteiger partial charge in [0.2, 0.25) is 0 Å². The lowest BCUT2D eigenvalue weighted by molar-refractivity contribution is 0.0931. The first-order chi connectivity index (χ1) is 10.9. The molecule has 120 valence electrons. The van der Waals surface area contributed by atoms with Crippen LogP contribution in [0.1, 0.15) is 28.8 Å². The molecular weight excluding hydrogens is 290 g/mol. The fourth-order valence-electron chi connectivity index (χ4n) is 2.72. The number of aromatic nitrogens is 4. The molecule has 3 heterocycles. The van der Waals surface area contributed by atoms with Gasteiger partial charge in [0.25, 0.3) is 5.91 Å². The van der Waals surface area contributed by atoms with Crippen LogP contribution in [-0.2, 0) is 13.6 Å². The van der Waals surface area contributed by atoms with Gasteiger partial charge in [0.1, 0.15) is 11.3 Å². The minimum absolute atomic E-state index is 0.0357. The second-order valence-electron chi connectivity index (χ2n) is 6.02. The summed E-state index contributed by atoms with van der Waals surface area (Å²) in [5.41, 5.74) is 3.31. The summed E-state index contributed by atoms with van der Waals surface area (Å²) in [5.74, 6) is -0.165. The van der Waals surface area contributed by atoms with Gasteiger partial charge >= 0.3 is 0 Å². The molecule has 1 N–H and O–H groups in total. The fourth-order valence-corrected chi connectivity index (χ4v) is 2.72. The smallest absolute Gasteiger partial charge is 0.270 e. The van der Waals surface area contributed by atoms with E-state index in [0.717, 1.165) is 22.4 Å². The summed E-state index contributed by atoms with van der Waals surface area (Å²) < 4.78 is 3.82. The van der Waals surface area contributed by atoms with Crippen LogP contribution in [0.2, 0.25) is 0 Å². The zero-order chi connectivity index (χ0) is 16.6. The van der Waals surface area contributed by atoms with Gasteiger partial charge in [0, 0.05) is 30.4 Å². The maximum Gasteiger partial charge on any atom is 0.270 e. The zero-order valence-corrected chi connectivity index (χ0v) is 13.9. The predicted molar refractivity (Wildman–Crippen MR) is 89.3 cm³/mol. The lowest BCUT2D eigenvalue weighted by atomic mass is 10.2. The Kier molecular flexibility index (Phi) is 3.90. The number of amides is 1. The van der Waals surface area contributed by atoms with E-state index in [-0.39, 0.29) is 11.9 Å². The zero-order valence-electron chi connectivity index (χ0n) is 13.9. The number of pyridine rings is 1. The third kappa shape index (κ3) is 3.11. The SMILES string of the molecule is Cc1cc(C)n(CC(C)NC(=O)c2ccc3ccn(C)c3n2)n1. The highest BCUT2D eigenvalue weighted by Gasteiger charge is 2.14. The molecule has 6 nitrogen and oxygen atoms in total. The summed E-state index contributed by atoms with van der Waals surface area (Å²) in [4.78, 5) is 16.8. The lowest BCUT2D eigenvalue weighted by Crippen LogP contribution is -2.36. The summed E-state index contributed by atoms with van der Waals surface area (Å²) in [6, 6.07) is 7.65. The van der Waals surface area contributed by atoms with Crippen molar-refractivity contribution in [1.82, 2.24) is 24.6 Å². The molecule has 0 saturated carbocycles. The van der Waals surface area contributed by atoms with Gasteiger partial charge in [0.15, 0.2) is 0 Å². The Balaban J connectivity index is 1.72. The van der Waals surface area contributed by atoms with E-state index >= 15 is 0 Å². The number of fused-ring (bicyclic) bond motifs is 1. The molecule has 0 radical (unpaired) electrons. The van der Waals surface area contributed by atoms with Crippen molar-refractivity contribution < 1.29 is 4.79 Å². The van der Waals surface area contributed by atoms with Crippen molar-refractivity contribution in [2.75, 3.05) is 0 Å². The van der Waals surface area contributed by atoms with Crippen LogP contribution in [0.15, 0.2) is 30.5 Å². The summed E-state index contributed by atoms with van der Waals surface area (Å²) in [6.45, 7) is 6.58. The first-order valence-electron chi connectivity index (χ1n) is 7.68. The van der Waals surface area contributed by atoms with Crippen LogP contribution in [0, 0.1) is 13.8 Å². The number of hydrogen-bond acceptors (Lipinski definition) is 3. The summed E-state index contributed by atoms with van der Waals surface area (Å²) in [7, 11) is 1.92. The van der Waals surface area contributed by atoms with Crippen LogP contribution in [0.25, 0.3) is 11.0 Å². The van der Waals surface area contributed by atoms with Crippen molar-refractivity contribution in [3.05, 3.63) is 47.5 Å². The van der Waals surface area contributed by atoms with Crippen molar-refractivity contribution in [3.8, 4) is 0 Å². The van der Waals surface area contributed by atoms with E-state index < -0.39 is 0 Å². The van der Waals surface area contributed by atoms with Gasteiger partial charge in [-0.25, -0.2) is 4.98 Å². The molecule has 0 spiro atoms. The maximum absolute atomic E-state index is 12.4. The molecule has 0 fully saturated rings. The minimum Gasteiger partial charge on any atom is -0.346 e. The second-order valence-corrected chi connectivity index (χ2v) is 6.02. The number of nitrogens with one attached hydrogen (secondary N) is 1. The van der Waals surface area contributed by atoms with Gasteiger partial charge < -0.3 is 9.88 Å². The van der Waals surface area contributed by atoms with Crippen molar-refractivity contribution in [3.63, 3.8) is 0 Å². The molecule has 3 rings (SSSR count). The molecule has 23 heavy (non-hydrogen) atoms. The molecule has 0 saturated heterocycles. The van der Waals surface area contributed by atoms with Crippen molar-refractivity contribution >= 4 is 16.9 Å². The normalized spacial score (nSPS) is 12.5. The van der Waals surface area contributed by atoms with E-state index in [1.807, 2.05) is 61.5 Å². The van der Waals surface area contributed by atoms with Crippen LogP contribution < -0.4 is 5.32 Å². The van der Waals surface area contributed by atoms with Gasteiger partial charge in [-0.1, -0.05) is 0 Å². The molecule has 1 amide bonds. The van der Waals surface area contributed by atoms with E-state index in [2.05, 4.69) is 15.4 Å². The van der Waals surface area contributed by atoms with E-state index in [1.54, 1.807) is 6.07 Å². The first-order valence-corrected chi connectivity index (χ1v) is 7.68. The van der Waals surface area contributed by atoms with Gasteiger partial charge in [-0.3, -0.25) is 9.48 Å². The Labute approximate surface area is 135 Å². The summed E-state index contributed by atoms with van der Waals surface area (Å²) in [6.07, 6.45) is 1.94. The third-order valence-corrected chi connectivity index (χ3v) is 3.88. The minimum atomic E-state index is -0.165. The van der Waals surface area contributed by atoms with Crippen LogP contribution in [0.4, 0.5) is 0 Å². The monoisotopic (exact) mass is 311 g/mol. The van der Waals surface area contributed by atoms with Crippen molar-refractivity contribution in [2.24, 2.45) is 7.05 Å². The fraction of sp³-hybridized carbons (Fsp3) is 0.353. The van der Waals surface area contributed by atoms with Gasteiger partial charge in [-0.2, -0.15) is 5.10 Å². The highest BCUT2D eigenvalue weighted by atomic mass is 16.1. The van der Waals surface area contributed by atoms with E-state index in [1.165, 1.54) is 0 Å². The van der Waals surface area contributed by atoms with E-state index in [4.69, 9.17) is 0 Å². The summed E-state index contributed by atoms with van der Waals surface area (Å²) >= 11 is 0. The topological polar surface area (TPSA) is 64.7 Å². The number of rotatable bonds is 4. The molecular formula is C17H21N5O. The van der Waals surface area contributed by atoms with Crippen LogP contribution >= 0.6 is 0 Å². The van der Waals surface area contributed by atoms with E-state index in [9.17, 15) is 4.79 Å². The molecule has 6 heteroatoms. The van der Waals surface area contributed by atoms with Gasteiger partial charge in [0.05, 0.1) is 12.2 Å². The Morgan fingerprint density at radius 3 is 2.78 bits per heavy atom. The number of aryl methyl sites for hydroxylation is 3. The predicted octanol–water partition coefficient (Wildman–Crippen LogP) is 2.21. The number of carbonyl (C=O) groups excluding carboxylic acids is 1. The first kappa shape index (κ1) is 15.3. The Bertz CT molecular complexity index is 861. The molecule has 1 unspecified atom stereocenters. The summed E-state index contributed by atoms with van der Waals surface area (Å²) in [5, 5.41) is 8.44. The second kappa shape index (κ2) is 5.87. The quantitative estimate of drug-likeness (QED) is 0.803. The van der Waals surface area contributed by atoms with Gasteiger partial charge in [-0.15, -0.1) is 0 Å². The Morgan fingerprint density at radius 2 is 2.09 bits per heavy atom. The van der Waals surface area contributed by atoms with Crippen molar-refractivity contribution in [2.45, 2.75) is 33.4 Å². The van der Waals surface area contributed by atoms with Crippen molar-refractivity contribution in [1.29, 1.82) is 0 Å². The maximum atomic E-state index is 12.4. The average molecular weight is 311 g/mol. The molecule has 1 atom stereocenters. The molecule has 3 aromatic rings. The molecule has 0 bridgehead atoms. The van der Waals surface area contributed by atoms with Crippen LogP contribution in [0.3, 0.4) is 0 Å². The van der Waals surface area contributed by atoms with E-state index in [0.29, 0.717) is 12.2 Å². The Morgan fingerprint density at radius 1 is 1.30 bits per heavy atom. The van der Waals surface area contributed by atoms with Crippen LogP contribution in [-0.4, -0.2) is 31.3 Å².